The van der Waals surface area contributed by atoms with E-state index in [1.807, 2.05) is 35.6 Å². The van der Waals surface area contributed by atoms with Gasteiger partial charge < -0.3 is 0 Å². The summed E-state index contributed by atoms with van der Waals surface area (Å²) in [5, 5.41) is 3.57. The quantitative estimate of drug-likeness (QED) is 0.193. The fraction of sp³-hybridized carbons (Fsp3) is 0. The number of fused-ring (bicyclic) bond motifs is 5. The van der Waals surface area contributed by atoms with Gasteiger partial charge in [-0.2, -0.15) is 0 Å². The Hall–Kier alpha value is -5.97. The number of rotatable bonds is 5. The Morgan fingerprint density at radius 3 is 1.66 bits per heavy atom. The van der Waals surface area contributed by atoms with E-state index in [-0.39, 0.29) is 0 Å². The minimum absolute atomic E-state index is 0.704. The molecule has 0 aliphatic carbocycles. The van der Waals surface area contributed by atoms with E-state index in [9.17, 15) is 0 Å². The van der Waals surface area contributed by atoms with Gasteiger partial charge in [0, 0.05) is 47.8 Å². The molecular weight excluding hydrogens is 591 g/mol. The molecule has 0 saturated carbocycles. The molecule has 3 aromatic heterocycles. The second-order valence-electron chi connectivity index (χ2n) is 11.6. The monoisotopic (exact) mass is 617 g/mol. The SMILES string of the molecule is c1ccc(-c2ccc(-c3cc(-c4ccc5nc(-c6ccccc6)c6c7ccccc7sc6c5c4)nc(-c4ccccc4)n3)cc2)cc1. The number of aromatic nitrogens is 3. The highest BCUT2D eigenvalue weighted by Crippen LogP contribution is 2.43. The first-order chi connectivity index (χ1) is 23.3. The Morgan fingerprint density at radius 1 is 0.383 bits per heavy atom. The molecular formula is C43H27N3S. The van der Waals surface area contributed by atoms with Crippen molar-refractivity contribution in [1.29, 1.82) is 0 Å². The summed E-state index contributed by atoms with van der Waals surface area (Å²) >= 11 is 1.83. The molecule has 0 spiro atoms. The normalized spacial score (nSPS) is 11.4. The Kier molecular flexibility index (Phi) is 6.65. The molecule has 0 atom stereocenters. The van der Waals surface area contributed by atoms with Gasteiger partial charge in [-0.05, 0) is 35.4 Å². The maximum atomic E-state index is 5.27. The number of hydrogen-bond donors (Lipinski definition) is 0. The highest BCUT2D eigenvalue weighted by atomic mass is 32.1. The van der Waals surface area contributed by atoms with E-state index < -0.39 is 0 Å². The summed E-state index contributed by atoms with van der Waals surface area (Å²) in [6.45, 7) is 0. The van der Waals surface area contributed by atoms with Gasteiger partial charge in [0.25, 0.3) is 0 Å². The summed E-state index contributed by atoms with van der Waals surface area (Å²) in [5.41, 5.74) is 10.3. The molecule has 0 unspecified atom stereocenters. The average molecular weight is 618 g/mol. The van der Waals surface area contributed by atoms with E-state index in [4.69, 9.17) is 15.0 Å². The number of nitrogens with zero attached hydrogens (tertiary/aromatic N) is 3. The lowest BCUT2D eigenvalue weighted by molar-refractivity contribution is 1.18. The van der Waals surface area contributed by atoms with Crippen molar-refractivity contribution < 1.29 is 0 Å². The lowest BCUT2D eigenvalue weighted by Crippen LogP contribution is -1.96. The average Bonchev–Trinajstić information content (AvgIpc) is 3.55. The van der Waals surface area contributed by atoms with E-state index in [1.165, 1.54) is 31.3 Å². The molecule has 3 heterocycles. The molecule has 3 nitrogen and oxygen atoms in total. The van der Waals surface area contributed by atoms with E-state index in [2.05, 4.69) is 140 Å². The minimum Gasteiger partial charge on any atom is -0.247 e. The molecule has 4 heteroatoms. The summed E-state index contributed by atoms with van der Waals surface area (Å²) < 4.78 is 2.50. The maximum Gasteiger partial charge on any atom is 0.160 e. The van der Waals surface area contributed by atoms with Crippen molar-refractivity contribution in [3.8, 4) is 56.3 Å². The smallest absolute Gasteiger partial charge is 0.160 e. The first kappa shape index (κ1) is 27.3. The zero-order valence-corrected chi connectivity index (χ0v) is 26.2. The van der Waals surface area contributed by atoms with Crippen LogP contribution in [0.4, 0.5) is 0 Å². The van der Waals surface area contributed by atoms with Gasteiger partial charge in [0.2, 0.25) is 0 Å². The number of thiophene rings is 1. The molecule has 0 bridgehead atoms. The van der Waals surface area contributed by atoms with Crippen molar-refractivity contribution in [2.24, 2.45) is 0 Å². The summed E-state index contributed by atoms with van der Waals surface area (Å²) in [4.78, 5) is 15.5. The predicted molar refractivity (Wildman–Crippen MR) is 197 cm³/mol. The van der Waals surface area contributed by atoms with Crippen LogP contribution < -0.4 is 0 Å². The molecule has 9 rings (SSSR count). The molecule has 0 aliphatic rings. The molecule has 6 aromatic carbocycles. The Bertz CT molecular complexity index is 2540. The van der Waals surface area contributed by atoms with Crippen molar-refractivity contribution in [2.45, 2.75) is 0 Å². The topological polar surface area (TPSA) is 38.7 Å². The van der Waals surface area contributed by atoms with Gasteiger partial charge in [-0.25, -0.2) is 15.0 Å². The van der Waals surface area contributed by atoms with Crippen LogP contribution >= 0.6 is 11.3 Å². The third kappa shape index (κ3) is 4.96. The largest absolute Gasteiger partial charge is 0.247 e. The maximum absolute atomic E-state index is 5.27. The van der Waals surface area contributed by atoms with Crippen molar-refractivity contribution in [3.63, 3.8) is 0 Å². The van der Waals surface area contributed by atoms with Crippen molar-refractivity contribution in [3.05, 3.63) is 164 Å². The zero-order chi connectivity index (χ0) is 31.2. The van der Waals surface area contributed by atoms with Crippen molar-refractivity contribution >= 4 is 42.4 Å². The highest BCUT2D eigenvalue weighted by Gasteiger charge is 2.18. The van der Waals surface area contributed by atoms with Gasteiger partial charge in [-0.15, -0.1) is 11.3 Å². The van der Waals surface area contributed by atoms with Gasteiger partial charge >= 0.3 is 0 Å². The van der Waals surface area contributed by atoms with Crippen LogP contribution in [-0.4, -0.2) is 15.0 Å². The highest BCUT2D eigenvalue weighted by molar-refractivity contribution is 7.26. The molecule has 0 N–H and O–H groups in total. The van der Waals surface area contributed by atoms with Gasteiger partial charge in [-0.3, -0.25) is 0 Å². The minimum atomic E-state index is 0.704. The molecule has 0 radical (unpaired) electrons. The lowest BCUT2D eigenvalue weighted by atomic mass is 10.00. The summed E-state index contributed by atoms with van der Waals surface area (Å²) in [5.74, 6) is 0.704. The van der Waals surface area contributed by atoms with Crippen LogP contribution in [0.5, 0.6) is 0 Å². The molecule has 47 heavy (non-hydrogen) atoms. The van der Waals surface area contributed by atoms with Gasteiger partial charge in [0.1, 0.15) is 0 Å². The predicted octanol–water partition coefficient (Wildman–Crippen LogP) is 11.7. The fourth-order valence-corrected chi connectivity index (χ4v) is 7.58. The second kappa shape index (κ2) is 11.4. The van der Waals surface area contributed by atoms with Crippen molar-refractivity contribution in [2.75, 3.05) is 0 Å². The van der Waals surface area contributed by atoms with Gasteiger partial charge in [0.05, 0.1) is 22.6 Å². The summed E-state index contributed by atoms with van der Waals surface area (Å²) in [6.07, 6.45) is 0. The molecule has 0 aliphatic heterocycles. The molecule has 0 amide bonds. The van der Waals surface area contributed by atoms with Gasteiger partial charge in [0.15, 0.2) is 5.82 Å². The second-order valence-corrected chi connectivity index (χ2v) is 12.7. The molecule has 0 fully saturated rings. The summed E-state index contributed by atoms with van der Waals surface area (Å²) in [6, 6.07) is 57.1. The van der Waals surface area contributed by atoms with Crippen LogP contribution in [0.1, 0.15) is 0 Å². The van der Waals surface area contributed by atoms with E-state index in [0.717, 1.165) is 50.2 Å². The van der Waals surface area contributed by atoms with E-state index in [0.29, 0.717) is 5.82 Å². The number of pyridine rings is 1. The standard InChI is InChI=1S/C43H27N3S/c1-4-12-28(13-5-1)29-20-22-30(23-21-29)37-27-38(46-43(45-37)32-16-8-3-9-17-32)33-24-25-36-35(26-33)42-40(34-18-10-11-19-39(34)47-42)41(44-36)31-14-6-2-7-15-31/h1-27H. The zero-order valence-electron chi connectivity index (χ0n) is 25.3. The van der Waals surface area contributed by atoms with Crippen LogP contribution in [0.3, 0.4) is 0 Å². The third-order valence-electron chi connectivity index (χ3n) is 8.69. The lowest BCUT2D eigenvalue weighted by Gasteiger charge is -2.12. The fourth-order valence-electron chi connectivity index (χ4n) is 6.35. The van der Waals surface area contributed by atoms with Crippen molar-refractivity contribution in [1.82, 2.24) is 15.0 Å². The third-order valence-corrected chi connectivity index (χ3v) is 9.90. The number of benzene rings is 6. The Morgan fingerprint density at radius 2 is 0.936 bits per heavy atom. The Labute approximate surface area is 276 Å². The first-order valence-corrected chi connectivity index (χ1v) is 16.5. The van der Waals surface area contributed by atoms with Gasteiger partial charge in [-0.1, -0.05) is 140 Å². The Balaban J connectivity index is 1.23. The molecule has 0 saturated heterocycles. The first-order valence-electron chi connectivity index (χ1n) is 15.7. The van der Waals surface area contributed by atoms with Crippen LogP contribution in [0.15, 0.2) is 164 Å². The van der Waals surface area contributed by atoms with E-state index >= 15 is 0 Å². The molecule has 220 valence electrons. The van der Waals surface area contributed by atoms with Crippen LogP contribution in [0.25, 0.3) is 87.4 Å². The van der Waals surface area contributed by atoms with E-state index in [1.54, 1.807) is 0 Å². The molecule has 9 aromatic rings. The van der Waals surface area contributed by atoms with Crippen LogP contribution in [0, 0.1) is 0 Å². The summed E-state index contributed by atoms with van der Waals surface area (Å²) in [7, 11) is 0. The number of hydrogen-bond acceptors (Lipinski definition) is 4. The van der Waals surface area contributed by atoms with Crippen LogP contribution in [0.2, 0.25) is 0 Å². The van der Waals surface area contributed by atoms with Crippen LogP contribution in [-0.2, 0) is 0 Å².